The van der Waals surface area contributed by atoms with Gasteiger partial charge in [-0.1, -0.05) is 23.7 Å². The second-order valence-corrected chi connectivity index (χ2v) is 8.08. The van der Waals surface area contributed by atoms with E-state index >= 15 is 0 Å². The van der Waals surface area contributed by atoms with Gasteiger partial charge in [-0.3, -0.25) is 9.80 Å². The van der Waals surface area contributed by atoms with Gasteiger partial charge in [0.05, 0.1) is 24.3 Å². The Morgan fingerprint density at radius 2 is 1.80 bits per heavy atom. The minimum Gasteiger partial charge on any atom is -0.489 e. The van der Waals surface area contributed by atoms with Crippen LogP contribution in [0.3, 0.4) is 0 Å². The molecule has 1 aromatic carbocycles. The summed E-state index contributed by atoms with van der Waals surface area (Å²) in [5.74, 6) is 1.63. The van der Waals surface area contributed by atoms with E-state index in [1.165, 1.54) is 38.0 Å². The minimum atomic E-state index is 0.325. The summed E-state index contributed by atoms with van der Waals surface area (Å²) in [7, 11) is 0. The Morgan fingerprint density at radius 3 is 2.56 bits per heavy atom. The van der Waals surface area contributed by atoms with Gasteiger partial charge in [0.2, 0.25) is 0 Å². The number of likely N-dealkylation sites (tertiary alicyclic amines) is 1. The second kappa shape index (κ2) is 8.26. The molecule has 25 heavy (non-hydrogen) atoms. The van der Waals surface area contributed by atoms with Gasteiger partial charge in [-0.25, -0.2) is 0 Å². The molecule has 0 N–H and O–H groups in total. The smallest absolute Gasteiger partial charge is 0.138 e. The van der Waals surface area contributed by atoms with Crippen molar-refractivity contribution in [2.75, 3.05) is 45.9 Å². The van der Waals surface area contributed by atoms with Crippen LogP contribution in [-0.2, 0) is 11.3 Å². The van der Waals surface area contributed by atoms with E-state index in [9.17, 15) is 0 Å². The van der Waals surface area contributed by atoms with Gasteiger partial charge in [0.25, 0.3) is 0 Å². The molecule has 1 aliphatic carbocycles. The van der Waals surface area contributed by atoms with Crippen LogP contribution in [0.5, 0.6) is 5.75 Å². The zero-order chi connectivity index (χ0) is 17.1. The second-order valence-electron chi connectivity index (χ2n) is 7.70. The van der Waals surface area contributed by atoms with Crippen molar-refractivity contribution in [2.24, 2.45) is 5.92 Å². The van der Waals surface area contributed by atoms with Crippen molar-refractivity contribution in [1.29, 1.82) is 0 Å². The molecule has 0 amide bonds. The van der Waals surface area contributed by atoms with Crippen LogP contribution in [0.4, 0.5) is 0 Å². The maximum Gasteiger partial charge on any atom is 0.138 e. The van der Waals surface area contributed by atoms with Crippen LogP contribution in [0.25, 0.3) is 0 Å². The van der Waals surface area contributed by atoms with E-state index in [1.54, 1.807) is 0 Å². The van der Waals surface area contributed by atoms with Gasteiger partial charge < -0.3 is 9.47 Å². The van der Waals surface area contributed by atoms with Crippen molar-refractivity contribution >= 4 is 11.6 Å². The van der Waals surface area contributed by atoms with Crippen LogP contribution < -0.4 is 4.74 Å². The summed E-state index contributed by atoms with van der Waals surface area (Å²) in [5.41, 5.74) is 1.20. The summed E-state index contributed by atoms with van der Waals surface area (Å²) in [6.07, 6.45) is 5.22. The van der Waals surface area contributed by atoms with E-state index in [-0.39, 0.29) is 0 Å². The quantitative estimate of drug-likeness (QED) is 0.772. The molecule has 2 heterocycles. The molecule has 0 spiro atoms. The molecule has 0 atom stereocenters. The van der Waals surface area contributed by atoms with Gasteiger partial charge in [0, 0.05) is 26.2 Å². The number of hydrogen-bond acceptors (Lipinski definition) is 4. The first-order valence-electron chi connectivity index (χ1n) is 9.74. The molecule has 2 saturated heterocycles. The highest BCUT2D eigenvalue weighted by Crippen LogP contribution is 2.36. The highest BCUT2D eigenvalue weighted by Gasteiger charge is 2.33. The first-order chi connectivity index (χ1) is 12.3. The lowest BCUT2D eigenvalue weighted by Gasteiger charge is -2.39. The van der Waals surface area contributed by atoms with Crippen molar-refractivity contribution < 1.29 is 9.47 Å². The fourth-order valence-corrected chi connectivity index (χ4v) is 4.43. The van der Waals surface area contributed by atoms with Crippen LogP contribution in [-0.4, -0.2) is 61.8 Å². The number of nitrogens with zero attached hydrogens (tertiary/aromatic N) is 2. The predicted molar refractivity (Wildman–Crippen MR) is 100 cm³/mol. The molecule has 0 radical (unpaired) electrons. The average molecular weight is 365 g/mol. The average Bonchev–Trinajstić information content (AvgIpc) is 3.10. The Hall–Kier alpha value is -0.810. The zero-order valence-electron chi connectivity index (χ0n) is 15.0. The van der Waals surface area contributed by atoms with Gasteiger partial charge >= 0.3 is 0 Å². The number of rotatable bonds is 6. The van der Waals surface area contributed by atoms with Crippen LogP contribution in [0.2, 0.25) is 5.02 Å². The van der Waals surface area contributed by atoms with Crippen molar-refractivity contribution in [3.63, 3.8) is 0 Å². The number of halogens is 1. The molecule has 4 rings (SSSR count). The van der Waals surface area contributed by atoms with Gasteiger partial charge in [-0.05, 0) is 56.3 Å². The lowest BCUT2D eigenvalue weighted by molar-refractivity contribution is 0.000137. The Morgan fingerprint density at radius 1 is 1.04 bits per heavy atom. The monoisotopic (exact) mass is 364 g/mol. The van der Waals surface area contributed by atoms with E-state index < -0.39 is 0 Å². The first-order valence-corrected chi connectivity index (χ1v) is 10.1. The highest BCUT2D eigenvalue weighted by molar-refractivity contribution is 6.32. The Labute approximate surface area is 156 Å². The molecular weight excluding hydrogens is 336 g/mol. The highest BCUT2D eigenvalue weighted by atomic mass is 35.5. The van der Waals surface area contributed by atoms with Crippen molar-refractivity contribution in [3.05, 3.63) is 28.8 Å². The van der Waals surface area contributed by atoms with Crippen molar-refractivity contribution in [1.82, 2.24) is 9.80 Å². The Kier molecular flexibility index (Phi) is 5.81. The SMILES string of the molecule is Clc1c(CN2CCCC2)cccc1OC1CC(CN2CCOCC2)C1. The molecule has 1 aromatic rings. The minimum absolute atomic E-state index is 0.325. The Bertz CT molecular complexity index is 565. The Balaban J connectivity index is 1.27. The number of morpholine rings is 1. The summed E-state index contributed by atoms with van der Waals surface area (Å²) >= 11 is 6.63. The van der Waals surface area contributed by atoms with Crippen molar-refractivity contribution in [2.45, 2.75) is 38.3 Å². The van der Waals surface area contributed by atoms with Gasteiger partial charge in [-0.2, -0.15) is 0 Å². The molecule has 0 bridgehead atoms. The lowest BCUT2D eigenvalue weighted by Crippen LogP contribution is -2.45. The first kappa shape index (κ1) is 17.6. The molecule has 2 aliphatic heterocycles. The molecule has 5 heteroatoms. The third-order valence-corrected chi connectivity index (χ3v) is 6.17. The summed E-state index contributed by atoms with van der Waals surface area (Å²) < 4.78 is 11.6. The van der Waals surface area contributed by atoms with E-state index in [2.05, 4.69) is 21.9 Å². The summed E-state index contributed by atoms with van der Waals surface area (Å²) in [6.45, 7) is 8.42. The van der Waals surface area contributed by atoms with Gasteiger partial charge in [-0.15, -0.1) is 0 Å². The van der Waals surface area contributed by atoms with Gasteiger partial charge in [0.15, 0.2) is 0 Å². The molecular formula is C20H29ClN2O2. The van der Waals surface area contributed by atoms with Crippen LogP contribution in [0, 0.1) is 5.92 Å². The number of ether oxygens (including phenoxy) is 2. The van der Waals surface area contributed by atoms with E-state index in [0.717, 1.165) is 62.4 Å². The molecule has 1 saturated carbocycles. The van der Waals surface area contributed by atoms with Crippen LogP contribution >= 0.6 is 11.6 Å². The predicted octanol–water partition coefficient (Wildman–Crippen LogP) is 3.43. The lowest BCUT2D eigenvalue weighted by atomic mass is 9.81. The summed E-state index contributed by atoms with van der Waals surface area (Å²) in [4.78, 5) is 5.00. The third kappa shape index (κ3) is 4.48. The van der Waals surface area contributed by atoms with E-state index in [0.29, 0.717) is 6.10 Å². The normalized spacial score (nSPS) is 28.0. The molecule has 3 aliphatic rings. The molecule has 4 nitrogen and oxygen atoms in total. The molecule has 138 valence electrons. The van der Waals surface area contributed by atoms with E-state index in [1.807, 2.05) is 6.07 Å². The molecule has 0 unspecified atom stereocenters. The van der Waals surface area contributed by atoms with E-state index in [4.69, 9.17) is 21.1 Å². The molecule has 0 aromatic heterocycles. The summed E-state index contributed by atoms with van der Waals surface area (Å²) in [6, 6.07) is 6.23. The topological polar surface area (TPSA) is 24.9 Å². The number of benzene rings is 1. The van der Waals surface area contributed by atoms with Crippen LogP contribution in [0.15, 0.2) is 18.2 Å². The third-order valence-electron chi connectivity index (χ3n) is 5.74. The maximum absolute atomic E-state index is 6.63. The zero-order valence-corrected chi connectivity index (χ0v) is 15.7. The molecule has 3 fully saturated rings. The summed E-state index contributed by atoms with van der Waals surface area (Å²) in [5, 5.41) is 0.811. The largest absolute Gasteiger partial charge is 0.489 e. The maximum atomic E-state index is 6.63. The van der Waals surface area contributed by atoms with Crippen LogP contribution in [0.1, 0.15) is 31.2 Å². The standard InChI is InChI=1S/C20H29ClN2O2/c21-20-17(15-22-6-1-2-7-22)4-3-5-19(20)25-18-12-16(13-18)14-23-8-10-24-11-9-23/h3-5,16,18H,1-2,6-15H2. The fourth-order valence-electron chi connectivity index (χ4n) is 4.20. The van der Waals surface area contributed by atoms with Crippen molar-refractivity contribution in [3.8, 4) is 5.75 Å². The fraction of sp³-hybridized carbons (Fsp3) is 0.700. The van der Waals surface area contributed by atoms with Gasteiger partial charge in [0.1, 0.15) is 5.75 Å². The number of hydrogen-bond donors (Lipinski definition) is 0.